The Balaban J connectivity index is 1.71. The van der Waals surface area contributed by atoms with Gasteiger partial charge in [-0.1, -0.05) is 30.3 Å². The first-order valence-electron chi connectivity index (χ1n) is 10.1. The lowest BCUT2D eigenvalue weighted by Crippen LogP contribution is -2.18. The standard InChI is InChI=1S/C25H26N2O6/c1-29-20-11-10-18(12-21(20)33-16-17-8-6-5-7-9-17)15-26-27-25(28)19-13-22(30-2)24(32-4)23(14-19)31-3/h5-15H,16H2,1-4H3,(H,27,28)/b26-15+. The van der Waals surface area contributed by atoms with Crippen LogP contribution >= 0.6 is 0 Å². The maximum absolute atomic E-state index is 12.6. The second-order valence-electron chi connectivity index (χ2n) is 6.80. The molecule has 0 aromatic heterocycles. The molecule has 0 saturated carbocycles. The fraction of sp³-hybridized carbons (Fsp3) is 0.200. The Morgan fingerprint density at radius 1 is 0.818 bits per heavy atom. The van der Waals surface area contributed by atoms with Crippen molar-refractivity contribution in [3.05, 3.63) is 77.4 Å². The van der Waals surface area contributed by atoms with Gasteiger partial charge in [-0.05, 0) is 41.5 Å². The van der Waals surface area contributed by atoms with Crippen molar-refractivity contribution in [3.63, 3.8) is 0 Å². The van der Waals surface area contributed by atoms with Gasteiger partial charge in [-0.25, -0.2) is 5.43 Å². The predicted molar refractivity (Wildman–Crippen MR) is 125 cm³/mol. The zero-order valence-electron chi connectivity index (χ0n) is 19.0. The minimum atomic E-state index is -0.431. The Labute approximate surface area is 192 Å². The van der Waals surface area contributed by atoms with Crippen LogP contribution in [0.4, 0.5) is 0 Å². The number of nitrogens with one attached hydrogen (secondary N) is 1. The number of benzene rings is 3. The van der Waals surface area contributed by atoms with Gasteiger partial charge in [-0.2, -0.15) is 5.10 Å². The minimum absolute atomic E-state index is 0.309. The lowest BCUT2D eigenvalue weighted by atomic mass is 10.1. The second-order valence-corrected chi connectivity index (χ2v) is 6.80. The van der Waals surface area contributed by atoms with E-state index in [0.29, 0.717) is 40.9 Å². The van der Waals surface area contributed by atoms with E-state index < -0.39 is 5.91 Å². The number of ether oxygens (including phenoxy) is 5. The molecule has 0 radical (unpaired) electrons. The van der Waals surface area contributed by atoms with Crippen LogP contribution in [-0.4, -0.2) is 40.6 Å². The molecule has 0 aliphatic rings. The number of carbonyl (C=O) groups is 1. The zero-order valence-corrected chi connectivity index (χ0v) is 19.0. The molecule has 0 saturated heterocycles. The second kappa shape index (κ2) is 11.4. The summed E-state index contributed by atoms with van der Waals surface area (Å²) in [6, 6.07) is 18.3. The SMILES string of the molecule is COc1ccc(/C=N/NC(=O)c2cc(OC)c(OC)c(OC)c2)cc1OCc1ccccc1. The van der Waals surface area contributed by atoms with Crippen LogP contribution in [0.5, 0.6) is 28.7 Å². The fourth-order valence-electron chi connectivity index (χ4n) is 3.06. The highest BCUT2D eigenvalue weighted by Crippen LogP contribution is 2.38. The third-order valence-electron chi connectivity index (χ3n) is 4.73. The van der Waals surface area contributed by atoms with Gasteiger partial charge in [0, 0.05) is 5.56 Å². The summed E-state index contributed by atoms with van der Waals surface area (Å²) in [5.74, 6) is 1.90. The summed E-state index contributed by atoms with van der Waals surface area (Å²) in [6.45, 7) is 0.398. The number of methoxy groups -OCH3 is 4. The highest BCUT2D eigenvalue weighted by atomic mass is 16.5. The molecule has 0 aliphatic heterocycles. The molecule has 1 N–H and O–H groups in total. The summed E-state index contributed by atoms with van der Waals surface area (Å²) >= 11 is 0. The number of hydrazone groups is 1. The number of nitrogens with zero attached hydrogens (tertiary/aromatic N) is 1. The number of carbonyl (C=O) groups excluding carboxylic acids is 1. The Morgan fingerprint density at radius 2 is 1.48 bits per heavy atom. The molecule has 3 aromatic rings. The van der Waals surface area contributed by atoms with Gasteiger partial charge >= 0.3 is 0 Å². The molecule has 0 unspecified atom stereocenters. The normalized spacial score (nSPS) is 10.5. The van der Waals surface area contributed by atoms with Crippen molar-refractivity contribution in [2.75, 3.05) is 28.4 Å². The van der Waals surface area contributed by atoms with E-state index in [9.17, 15) is 4.79 Å². The van der Waals surface area contributed by atoms with Crippen LogP contribution in [0, 0.1) is 0 Å². The number of rotatable bonds is 10. The van der Waals surface area contributed by atoms with Gasteiger partial charge in [0.2, 0.25) is 5.75 Å². The van der Waals surface area contributed by atoms with Crippen LogP contribution in [0.15, 0.2) is 65.8 Å². The number of hydrogen-bond acceptors (Lipinski definition) is 7. The van der Waals surface area contributed by atoms with E-state index in [2.05, 4.69) is 10.5 Å². The Bertz CT molecular complexity index is 1090. The van der Waals surface area contributed by atoms with Crippen LogP contribution in [0.3, 0.4) is 0 Å². The summed E-state index contributed by atoms with van der Waals surface area (Å²) in [4.78, 5) is 12.6. The maximum Gasteiger partial charge on any atom is 0.271 e. The van der Waals surface area contributed by atoms with Gasteiger partial charge in [-0.15, -0.1) is 0 Å². The van der Waals surface area contributed by atoms with E-state index in [0.717, 1.165) is 11.1 Å². The van der Waals surface area contributed by atoms with Crippen LogP contribution in [0.2, 0.25) is 0 Å². The summed E-state index contributed by atoms with van der Waals surface area (Å²) in [6.07, 6.45) is 1.52. The van der Waals surface area contributed by atoms with Crippen molar-refractivity contribution >= 4 is 12.1 Å². The molecule has 1 amide bonds. The fourth-order valence-corrected chi connectivity index (χ4v) is 3.06. The van der Waals surface area contributed by atoms with Gasteiger partial charge in [0.25, 0.3) is 5.91 Å². The molecular weight excluding hydrogens is 424 g/mol. The quantitative estimate of drug-likeness (QED) is 0.370. The third kappa shape index (κ3) is 5.94. The lowest BCUT2D eigenvalue weighted by molar-refractivity contribution is 0.0954. The topological polar surface area (TPSA) is 87.6 Å². The Hall–Kier alpha value is -4.20. The zero-order chi connectivity index (χ0) is 23.6. The molecular formula is C25H26N2O6. The predicted octanol–water partition coefficient (Wildman–Crippen LogP) is 4.06. The van der Waals surface area contributed by atoms with Gasteiger partial charge in [-0.3, -0.25) is 4.79 Å². The highest BCUT2D eigenvalue weighted by molar-refractivity contribution is 5.96. The Morgan fingerprint density at radius 3 is 2.09 bits per heavy atom. The van der Waals surface area contributed by atoms with Gasteiger partial charge < -0.3 is 23.7 Å². The summed E-state index contributed by atoms with van der Waals surface area (Å²) in [5, 5.41) is 4.05. The van der Waals surface area contributed by atoms with Crippen LogP contribution in [0.1, 0.15) is 21.5 Å². The summed E-state index contributed by atoms with van der Waals surface area (Å²) < 4.78 is 27.1. The summed E-state index contributed by atoms with van der Waals surface area (Å²) in [5.41, 5.74) is 4.57. The summed E-state index contributed by atoms with van der Waals surface area (Å²) in [7, 11) is 6.05. The van der Waals surface area contributed by atoms with E-state index in [4.69, 9.17) is 23.7 Å². The van der Waals surface area contributed by atoms with Crippen molar-refractivity contribution in [3.8, 4) is 28.7 Å². The highest BCUT2D eigenvalue weighted by Gasteiger charge is 2.16. The van der Waals surface area contributed by atoms with E-state index in [1.54, 1.807) is 31.4 Å². The molecule has 0 aliphatic carbocycles. The minimum Gasteiger partial charge on any atom is -0.493 e. The molecule has 33 heavy (non-hydrogen) atoms. The maximum atomic E-state index is 12.6. The van der Waals surface area contributed by atoms with Crippen molar-refractivity contribution in [1.29, 1.82) is 0 Å². The van der Waals surface area contributed by atoms with E-state index >= 15 is 0 Å². The molecule has 0 bridgehead atoms. The van der Waals surface area contributed by atoms with Crippen LogP contribution in [-0.2, 0) is 6.61 Å². The van der Waals surface area contributed by atoms with Gasteiger partial charge in [0.05, 0.1) is 34.7 Å². The average Bonchev–Trinajstić information content (AvgIpc) is 2.87. The van der Waals surface area contributed by atoms with Crippen molar-refractivity contribution < 1.29 is 28.5 Å². The van der Waals surface area contributed by atoms with E-state index in [1.165, 1.54) is 27.5 Å². The molecule has 0 atom stereocenters. The molecule has 0 heterocycles. The first kappa shape index (κ1) is 23.5. The van der Waals surface area contributed by atoms with Crippen molar-refractivity contribution in [1.82, 2.24) is 5.43 Å². The lowest BCUT2D eigenvalue weighted by Gasteiger charge is -2.13. The van der Waals surface area contributed by atoms with Crippen LogP contribution < -0.4 is 29.1 Å². The molecule has 3 rings (SSSR count). The smallest absolute Gasteiger partial charge is 0.271 e. The first-order chi connectivity index (χ1) is 16.1. The largest absolute Gasteiger partial charge is 0.493 e. The average molecular weight is 450 g/mol. The molecule has 0 fully saturated rings. The molecule has 0 spiro atoms. The van der Waals surface area contributed by atoms with Crippen molar-refractivity contribution in [2.45, 2.75) is 6.61 Å². The monoisotopic (exact) mass is 450 g/mol. The number of amides is 1. The first-order valence-corrected chi connectivity index (χ1v) is 10.1. The van der Waals surface area contributed by atoms with E-state index in [1.807, 2.05) is 36.4 Å². The van der Waals surface area contributed by atoms with Crippen LogP contribution in [0.25, 0.3) is 0 Å². The number of hydrogen-bond donors (Lipinski definition) is 1. The van der Waals surface area contributed by atoms with Gasteiger partial charge in [0.1, 0.15) is 6.61 Å². The third-order valence-corrected chi connectivity index (χ3v) is 4.73. The van der Waals surface area contributed by atoms with Gasteiger partial charge in [0.15, 0.2) is 23.0 Å². The molecule has 8 heteroatoms. The van der Waals surface area contributed by atoms with Crippen molar-refractivity contribution in [2.24, 2.45) is 5.10 Å². The Kier molecular flexibility index (Phi) is 8.13. The molecule has 172 valence electrons. The molecule has 3 aromatic carbocycles. The molecule has 8 nitrogen and oxygen atoms in total. The van der Waals surface area contributed by atoms with E-state index in [-0.39, 0.29) is 0 Å².